The number of aromatic nitrogens is 3. The molecule has 1 amide bonds. The van der Waals surface area contributed by atoms with E-state index in [0.717, 1.165) is 33.9 Å². The first kappa shape index (κ1) is 22.7. The fourth-order valence-electron chi connectivity index (χ4n) is 3.72. The normalized spacial score (nSPS) is 11.3. The zero-order chi connectivity index (χ0) is 22.5. The van der Waals surface area contributed by atoms with Crippen LogP contribution in [0.2, 0.25) is 0 Å². The Morgan fingerprint density at radius 2 is 1.87 bits per heavy atom. The molecular formula is C24H31FN4O2. The predicted molar refractivity (Wildman–Crippen MR) is 120 cm³/mol. The quantitative estimate of drug-likeness (QED) is 0.502. The summed E-state index contributed by atoms with van der Waals surface area (Å²) in [5, 5.41) is 4.88. The number of benzene rings is 1. The van der Waals surface area contributed by atoms with Gasteiger partial charge in [0.2, 0.25) is 5.91 Å². The lowest BCUT2D eigenvalue weighted by Gasteiger charge is -2.18. The third kappa shape index (κ3) is 4.86. The Kier molecular flexibility index (Phi) is 7.25. The van der Waals surface area contributed by atoms with E-state index in [9.17, 15) is 9.18 Å². The van der Waals surface area contributed by atoms with Gasteiger partial charge in [-0.05, 0) is 57.0 Å². The molecule has 0 fully saturated rings. The Morgan fingerprint density at radius 1 is 1.19 bits per heavy atom. The summed E-state index contributed by atoms with van der Waals surface area (Å²) < 4.78 is 19.6. The molecule has 0 radical (unpaired) electrons. The van der Waals surface area contributed by atoms with Crippen molar-refractivity contribution in [2.24, 2.45) is 0 Å². The summed E-state index contributed by atoms with van der Waals surface area (Å²) in [7, 11) is 0. The second-order valence-electron chi connectivity index (χ2n) is 7.84. The highest BCUT2D eigenvalue weighted by Gasteiger charge is 2.23. The Balaban J connectivity index is 2.14. The van der Waals surface area contributed by atoms with Gasteiger partial charge in [-0.15, -0.1) is 0 Å². The number of ether oxygens (including phenoxy) is 1. The number of carbonyl (C=O) groups is 1. The van der Waals surface area contributed by atoms with Crippen LogP contribution in [-0.4, -0.2) is 51.8 Å². The van der Waals surface area contributed by atoms with Crippen molar-refractivity contribution in [3.63, 3.8) is 0 Å². The van der Waals surface area contributed by atoms with Crippen LogP contribution in [-0.2, 0) is 11.2 Å². The molecule has 0 atom stereocenters. The number of amides is 1. The molecule has 31 heavy (non-hydrogen) atoms. The zero-order valence-electron chi connectivity index (χ0n) is 19.0. The smallest absolute Gasteiger partial charge is 0.227 e. The minimum Gasteiger partial charge on any atom is -0.491 e. The third-order valence-corrected chi connectivity index (χ3v) is 5.35. The van der Waals surface area contributed by atoms with Gasteiger partial charge in [-0.2, -0.15) is 5.10 Å². The van der Waals surface area contributed by atoms with Crippen molar-refractivity contribution in [1.82, 2.24) is 19.5 Å². The second kappa shape index (κ2) is 9.90. The SMILES string of the molecule is CCN(CC)C(=O)Cc1c(-c2ccc(OCCF)cc2)nn2c(C(C)C)cc(C)nc12. The molecule has 0 aliphatic rings. The lowest BCUT2D eigenvalue weighted by Crippen LogP contribution is -2.31. The minimum atomic E-state index is -0.533. The lowest BCUT2D eigenvalue weighted by molar-refractivity contribution is -0.130. The maximum Gasteiger partial charge on any atom is 0.227 e. The van der Waals surface area contributed by atoms with Crippen LogP contribution in [0.1, 0.15) is 50.6 Å². The van der Waals surface area contributed by atoms with E-state index >= 15 is 0 Å². The van der Waals surface area contributed by atoms with Gasteiger partial charge in [0.1, 0.15) is 19.0 Å². The highest BCUT2D eigenvalue weighted by molar-refractivity contribution is 5.84. The topological polar surface area (TPSA) is 59.7 Å². The summed E-state index contributed by atoms with van der Waals surface area (Å²) in [6, 6.07) is 9.42. The molecule has 0 aliphatic heterocycles. The summed E-state index contributed by atoms with van der Waals surface area (Å²) in [6.07, 6.45) is 0.231. The van der Waals surface area contributed by atoms with Crippen LogP contribution in [0.25, 0.3) is 16.9 Å². The number of hydrogen-bond acceptors (Lipinski definition) is 4. The molecule has 2 heterocycles. The molecule has 0 bridgehead atoms. The molecule has 0 N–H and O–H groups in total. The van der Waals surface area contributed by atoms with Gasteiger partial charge < -0.3 is 9.64 Å². The van der Waals surface area contributed by atoms with Gasteiger partial charge in [0.15, 0.2) is 5.65 Å². The van der Waals surface area contributed by atoms with Crippen molar-refractivity contribution < 1.29 is 13.9 Å². The van der Waals surface area contributed by atoms with Crippen LogP contribution in [0.15, 0.2) is 30.3 Å². The maximum atomic E-state index is 13.0. The number of fused-ring (bicyclic) bond motifs is 1. The van der Waals surface area contributed by atoms with Crippen LogP contribution in [0.5, 0.6) is 5.75 Å². The Labute approximate surface area is 183 Å². The third-order valence-electron chi connectivity index (χ3n) is 5.35. The second-order valence-corrected chi connectivity index (χ2v) is 7.84. The van der Waals surface area contributed by atoms with Gasteiger partial charge in [0.05, 0.1) is 12.1 Å². The molecular weight excluding hydrogens is 395 g/mol. The van der Waals surface area contributed by atoms with Crippen molar-refractivity contribution in [2.45, 2.75) is 47.0 Å². The summed E-state index contributed by atoms with van der Waals surface area (Å²) in [5.74, 6) is 0.904. The molecule has 166 valence electrons. The predicted octanol–water partition coefficient (Wildman–Crippen LogP) is 4.59. The standard InChI is InChI=1S/C24H31FN4O2/c1-6-28(7-2)22(30)15-20-23(18-8-10-19(11-9-18)31-13-12-25)27-29-21(16(3)4)14-17(5)26-24(20)29/h8-11,14,16H,6-7,12-13,15H2,1-5H3. The Hall–Kier alpha value is -2.96. The number of likely N-dealkylation sites (N-methyl/N-ethyl adjacent to an activating group) is 1. The fraction of sp³-hybridized carbons (Fsp3) is 0.458. The van der Waals surface area contributed by atoms with E-state index in [1.165, 1.54) is 0 Å². The van der Waals surface area contributed by atoms with Gasteiger partial charge in [-0.1, -0.05) is 13.8 Å². The summed E-state index contributed by atoms with van der Waals surface area (Å²) in [5.41, 5.74) is 5.09. The molecule has 6 nitrogen and oxygen atoms in total. The number of halogens is 1. The summed E-state index contributed by atoms with van der Waals surface area (Å²) in [6.45, 7) is 11.0. The van der Waals surface area contributed by atoms with Crippen molar-refractivity contribution in [1.29, 1.82) is 0 Å². The van der Waals surface area contributed by atoms with Crippen molar-refractivity contribution in [3.8, 4) is 17.0 Å². The Bertz CT molecular complexity index is 1040. The summed E-state index contributed by atoms with van der Waals surface area (Å²) in [4.78, 5) is 19.6. The van der Waals surface area contributed by atoms with E-state index < -0.39 is 6.67 Å². The highest BCUT2D eigenvalue weighted by atomic mass is 19.1. The monoisotopic (exact) mass is 426 g/mol. The van der Waals surface area contributed by atoms with Gasteiger partial charge in [-0.25, -0.2) is 13.9 Å². The van der Waals surface area contributed by atoms with Crippen molar-refractivity contribution >= 4 is 11.6 Å². The maximum absolute atomic E-state index is 13.0. The zero-order valence-corrected chi connectivity index (χ0v) is 19.0. The average Bonchev–Trinajstić information content (AvgIpc) is 3.10. The van der Waals surface area contributed by atoms with Gasteiger partial charge in [0.25, 0.3) is 0 Å². The minimum absolute atomic E-state index is 0.0261. The first-order chi connectivity index (χ1) is 14.9. The number of carbonyl (C=O) groups excluding carboxylic acids is 1. The molecule has 3 rings (SSSR count). The van der Waals surface area contributed by atoms with Crippen LogP contribution in [0, 0.1) is 6.92 Å². The summed E-state index contributed by atoms with van der Waals surface area (Å²) >= 11 is 0. The van der Waals surface area contributed by atoms with Crippen LogP contribution >= 0.6 is 0 Å². The largest absolute Gasteiger partial charge is 0.491 e. The number of rotatable bonds is 9. The molecule has 0 aliphatic carbocycles. The van der Waals surface area contributed by atoms with E-state index in [1.54, 1.807) is 12.1 Å². The van der Waals surface area contributed by atoms with Gasteiger partial charge in [0, 0.05) is 35.6 Å². The van der Waals surface area contributed by atoms with Crippen molar-refractivity contribution in [3.05, 3.63) is 47.3 Å². The fourth-order valence-corrected chi connectivity index (χ4v) is 3.72. The molecule has 3 aromatic rings. The molecule has 2 aromatic heterocycles. The number of alkyl halides is 1. The molecule has 0 unspecified atom stereocenters. The van der Waals surface area contributed by atoms with Crippen LogP contribution in [0.4, 0.5) is 4.39 Å². The molecule has 0 saturated heterocycles. The first-order valence-electron chi connectivity index (χ1n) is 10.9. The first-order valence-corrected chi connectivity index (χ1v) is 10.9. The van der Waals surface area contributed by atoms with Crippen molar-refractivity contribution in [2.75, 3.05) is 26.4 Å². The van der Waals surface area contributed by atoms with Gasteiger partial charge >= 0.3 is 0 Å². The molecule has 0 spiro atoms. The van der Waals surface area contributed by atoms with Gasteiger partial charge in [-0.3, -0.25) is 4.79 Å². The van der Waals surface area contributed by atoms with E-state index in [4.69, 9.17) is 14.8 Å². The van der Waals surface area contributed by atoms with E-state index in [1.807, 2.05) is 48.4 Å². The Morgan fingerprint density at radius 3 is 2.45 bits per heavy atom. The highest BCUT2D eigenvalue weighted by Crippen LogP contribution is 2.30. The molecule has 1 aromatic carbocycles. The molecule has 0 saturated carbocycles. The lowest BCUT2D eigenvalue weighted by atomic mass is 10.0. The average molecular weight is 427 g/mol. The van der Waals surface area contributed by atoms with E-state index in [-0.39, 0.29) is 24.9 Å². The number of nitrogens with zero attached hydrogens (tertiary/aromatic N) is 4. The van der Waals surface area contributed by atoms with E-state index in [2.05, 4.69) is 13.8 Å². The van der Waals surface area contributed by atoms with Crippen LogP contribution in [0.3, 0.4) is 0 Å². The van der Waals surface area contributed by atoms with Crippen LogP contribution < -0.4 is 4.74 Å². The number of aryl methyl sites for hydroxylation is 1. The van der Waals surface area contributed by atoms with E-state index in [0.29, 0.717) is 18.8 Å². The molecule has 7 heteroatoms. The number of hydrogen-bond donors (Lipinski definition) is 0.